The van der Waals surface area contributed by atoms with E-state index in [0.717, 1.165) is 0 Å². The molecule has 0 aliphatic rings. The Balaban J connectivity index is 2.71. The minimum absolute atomic E-state index is 0.176. The van der Waals surface area contributed by atoms with Gasteiger partial charge in [0.05, 0.1) is 5.69 Å². The van der Waals surface area contributed by atoms with Crippen molar-refractivity contribution in [2.24, 2.45) is 4.99 Å². The van der Waals surface area contributed by atoms with Gasteiger partial charge in [-0.1, -0.05) is 18.2 Å². The predicted molar refractivity (Wildman–Crippen MR) is 50.1 cm³/mol. The van der Waals surface area contributed by atoms with E-state index < -0.39 is 8.25 Å². The molecule has 0 aromatic heterocycles. The van der Waals surface area contributed by atoms with Crippen LogP contribution in [-0.2, 0) is 9.09 Å². The van der Waals surface area contributed by atoms with Crippen LogP contribution in [0.4, 0.5) is 5.69 Å². The van der Waals surface area contributed by atoms with Crippen LogP contribution in [0, 0.1) is 0 Å². The van der Waals surface area contributed by atoms with Gasteiger partial charge in [-0.3, -0.25) is 0 Å². The monoisotopic (exact) mass is 198 g/mol. The summed E-state index contributed by atoms with van der Waals surface area (Å²) in [5.41, 5.74) is 0.692. The van der Waals surface area contributed by atoms with Crippen LogP contribution in [0.15, 0.2) is 35.3 Å². The fourth-order valence-corrected chi connectivity index (χ4v) is 1.08. The molecule has 1 atom stereocenters. The van der Waals surface area contributed by atoms with Crippen molar-refractivity contribution in [3.8, 4) is 0 Å². The maximum Gasteiger partial charge on any atom is 0.748 e. The highest BCUT2D eigenvalue weighted by molar-refractivity contribution is 7.32. The van der Waals surface area contributed by atoms with Crippen LogP contribution in [0.25, 0.3) is 0 Å². The summed E-state index contributed by atoms with van der Waals surface area (Å²) in [5.74, 6) is 0.176. The summed E-state index contributed by atoms with van der Waals surface area (Å²) >= 11 is 0. The van der Waals surface area contributed by atoms with E-state index in [1.54, 1.807) is 12.1 Å². The summed E-state index contributed by atoms with van der Waals surface area (Å²) in [7, 11) is -2.62. The highest BCUT2D eigenvalue weighted by Gasteiger charge is 2.14. The van der Waals surface area contributed by atoms with Crippen molar-refractivity contribution >= 4 is 19.8 Å². The van der Waals surface area contributed by atoms with Gasteiger partial charge in [-0.25, -0.2) is 9.52 Å². The quantitative estimate of drug-likeness (QED) is 0.451. The number of rotatable bonds is 2. The van der Waals surface area contributed by atoms with E-state index in [9.17, 15) is 4.57 Å². The third kappa shape index (κ3) is 3.78. The summed E-state index contributed by atoms with van der Waals surface area (Å²) in [6, 6.07) is 9.06. The number of benzene rings is 1. The minimum Gasteiger partial charge on any atom is -0.214 e. The van der Waals surface area contributed by atoms with E-state index in [1.165, 1.54) is 6.92 Å². The topological polar surface area (TPSA) is 58.9 Å². The molecule has 0 saturated carbocycles. The summed E-state index contributed by atoms with van der Waals surface area (Å²) in [4.78, 5) is 12.4. The van der Waals surface area contributed by atoms with E-state index >= 15 is 0 Å². The highest BCUT2D eigenvalue weighted by Crippen LogP contribution is 2.17. The normalized spacial score (nSPS) is 12.5. The van der Waals surface area contributed by atoms with E-state index in [-0.39, 0.29) is 5.90 Å². The van der Waals surface area contributed by atoms with E-state index in [1.807, 2.05) is 18.2 Å². The van der Waals surface area contributed by atoms with Crippen molar-refractivity contribution in [1.82, 2.24) is 0 Å². The van der Waals surface area contributed by atoms with Gasteiger partial charge in [0.25, 0.3) is 5.90 Å². The summed E-state index contributed by atoms with van der Waals surface area (Å²) in [6.45, 7) is 1.52. The zero-order valence-electron chi connectivity index (χ0n) is 7.04. The van der Waals surface area contributed by atoms with Crippen LogP contribution in [0.5, 0.6) is 0 Å². The standard InChI is InChI=1S/C8H8NO3P/c1-7(12-13(10)11)9-8-5-3-2-4-6-8/h2-6H,1H3/p+1. The molecular weight excluding hydrogens is 189 g/mol. The van der Waals surface area contributed by atoms with Gasteiger partial charge in [0.1, 0.15) is 0 Å². The van der Waals surface area contributed by atoms with Crippen molar-refractivity contribution in [2.75, 3.05) is 0 Å². The Morgan fingerprint density at radius 3 is 2.62 bits per heavy atom. The molecule has 0 spiro atoms. The van der Waals surface area contributed by atoms with Gasteiger partial charge in [-0.15, -0.1) is 4.89 Å². The first-order valence-corrected chi connectivity index (χ1v) is 4.76. The molecule has 1 unspecified atom stereocenters. The Labute approximate surface area is 76.8 Å². The number of nitrogens with zero attached hydrogens (tertiary/aromatic N) is 1. The molecule has 0 fully saturated rings. The van der Waals surface area contributed by atoms with Gasteiger partial charge in [-0.2, -0.15) is 0 Å². The second-order valence-electron chi connectivity index (χ2n) is 2.30. The summed E-state index contributed by atoms with van der Waals surface area (Å²) in [5, 5.41) is 0. The predicted octanol–water partition coefficient (Wildman–Crippen LogP) is 2.40. The number of aliphatic imine (C=N–C) groups is 1. The van der Waals surface area contributed by atoms with Crippen molar-refractivity contribution in [1.29, 1.82) is 0 Å². The smallest absolute Gasteiger partial charge is 0.214 e. The summed E-state index contributed by atoms with van der Waals surface area (Å²) < 4.78 is 14.7. The lowest BCUT2D eigenvalue weighted by atomic mass is 10.3. The molecule has 0 heterocycles. The zero-order chi connectivity index (χ0) is 9.68. The van der Waals surface area contributed by atoms with Crippen LogP contribution >= 0.6 is 8.25 Å². The van der Waals surface area contributed by atoms with Crippen LogP contribution in [-0.4, -0.2) is 10.8 Å². The molecule has 0 amide bonds. The number of para-hydroxylation sites is 1. The lowest BCUT2D eigenvalue weighted by Gasteiger charge is -1.91. The van der Waals surface area contributed by atoms with Crippen LogP contribution < -0.4 is 0 Å². The molecule has 4 nitrogen and oxygen atoms in total. The molecule has 0 aliphatic carbocycles. The van der Waals surface area contributed by atoms with E-state index in [2.05, 4.69) is 9.52 Å². The molecule has 1 N–H and O–H groups in total. The molecule has 13 heavy (non-hydrogen) atoms. The molecule has 0 saturated heterocycles. The van der Waals surface area contributed by atoms with Gasteiger partial charge in [0, 0.05) is 11.5 Å². The Kier molecular flexibility index (Phi) is 3.55. The van der Waals surface area contributed by atoms with Gasteiger partial charge < -0.3 is 0 Å². The molecule has 68 valence electrons. The molecule has 1 aromatic carbocycles. The highest BCUT2D eigenvalue weighted by atomic mass is 31.1. The Bertz CT molecular complexity index is 323. The Hall–Kier alpha value is -1.25. The van der Waals surface area contributed by atoms with Gasteiger partial charge >= 0.3 is 8.25 Å². The van der Waals surface area contributed by atoms with Crippen molar-refractivity contribution in [3.63, 3.8) is 0 Å². The molecule has 1 aromatic rings. The first kappa shape index (κ1) is 9.84. The lowest BCUT2D eigenvalue weighted by Crippen LogP contribution is -1.90. The number of hydrogen-bond acceptors (Lipinski definition) is 3. The zero-order valence-corrected chi connectivity index (χ0v) is 7.94. The van der Waals surface area contributed by atoms with E-state index in [0.29, 0.717) is 5.69 Å². The maximum atomic E-state index is 10.2. The fourth-order valence-electron chi connectivity index (χ4n) is 0.818. The SMILES string of the molecule is CC(=Nc1ccccc1)O[P+](=O)O. The first-order valence-electron chi connectivity index (χ1n) is 3.63. The average Bonchev–Trinajstić information content (AvgIpc) is 2.04. The molecule has 1 rings (SSSR count). The molecule has 0 bridgehead atoms. The van der Waals surface area contributed by atoms with Crippen molar-refractivity contribution < 1.29 is 14.0 Å². The van der Waals surface area contributed by atoms with Crippen LogP contribution in [0.1, 0.15) is 6.92 Å². The van der Waals surface area contributed by atoms with Gasteiger partial charge in [0.15, 0.2) is 0 Å². The molecular formula is C8H9NO3P+. The van der Waals surface area contributed by atoms with Gasteiger partial charge in [-0.05, 0) is 12.1 Å². The van der Waals surface area contributed by atoms with Gasteiger partial charge in [0.2, 0.25) is 0 Å². The minimum atomic E-state index is -2.62. The van der Waals surface area contributed by atoms with Crippen LogP contribution in [0.3, 0.4) is 0 Å². The van der Waals surface area contributed by atoms with E-state index in [4.69, 9.17) is 4.89 Å². The maximum absolute atomic E-state index is 10.2. The molecule has 0 radical (unpaired) electrons. The molecule has 5 heteroatoms. The average molecular weight is 198 g/mol. The van der Waals surface area contributed by atoms with Crippen molar-refractivity contribution in [2.45, 2.75) is 6.92 Å². The Morgan fingerprint density at radius 2 is 2.08 bits per heavy atom. The third-order valence-corrected chi connectivity index (χ3v) is 1.67. The first-order chi connectivity index (χ1) is 6.18. The molecule has 0 aliphatic heterocycles. The van der Waals surface area contributed by atoms with Crippen LogP contribution in [0.2, 0.25) is 0 Å². The third-order valence-electron chi connectivity index (χ3n) is 1.25. The number of hydrogen-bond donors (Lipinski definition) is 1. The van der Waals surface area contributed by atoms with Crippen molar-refractivity contribution in [3.05, 3.63) is 30.3 Å². The second kappa shape index (κ2) is 4.70. The largest absolute Gasteiger partial charge is 0.748 e. The Morgan fingerprint density at radius 1 is 1.46 bits per heavy atom. The lowest BCUT2D eigenvalue weighted by molar-refractivity contribution is 0.405. The second-order valence-corrected chi connectivity index (χ2v) is 2.95. The fraction of sp³-hybridized carbons (Fsp3) is 0.125. The summed E-state index contributed by atoms with van der Waals surface area (Å²) in [6.07, 6.45) is 0.